The highest BCUT2D eigenvalue weighted by Crippen LogP contribution is 2.21. The van der Waals surface area contributed by atoms with Crippen molar-refractivity contribution in [1.82, 2.24) is 9.80 Å². The van der Waals surface area contributed by atoms with Gasteiger partial charge in [-0.2, -0.15) is 0 Å². The van der Waals surface area contributed by atoms with Gasteiger partial charge in [-0.05, 0) is 25.2 Å². The second kappa shape index (κ2) is 5.98. The second-order valence-electron chi connectivity index (χ2n) is 5.13. The molecule has 0 atom stereocenters. The Balaban J connectivity index is 2.14. The maximum Gasteiger partial charge on any atom is 0.238 e. The van der Waals surface area contributed by atoms with E-state index in [-0.39, 0.29) is 10.6 Å². The predicted molar refractivity (Wildman–Crippen MR) is 76.9 cm³/mol. The minimum absolute atomic E-state index is 0.0532. The summed E-state index contributed by atoms with van der Waals surface area (Å²) in [7, 11) is -2.01. The Labute approximate surface area is 123 Å². The summed E-state index contributed by atoms with van der Waals surface area (Å²) in [6, 6.07) is 3.11. The van der Waals surface area contributed by atoms with Gasteiger partial charge in [-0.15, -0.1) is 0 Å². The number of nitrogens with zero attached hydrogens (tertiary/aromatic N) is 2. The zero-order valence-electron chi connectivity index (χ0n) is 11.8. The molecule has 1 aromatic carbocycles. The van der Waals surface area contributed by atoms with Gasteiger partial charge in [0.25, 0.3) is 0 Å². The van der Waals surface area contributed by atoms with Gasteiger partial charge >= 0.3 is 0 Å². The van der Waals surface area contributed by atoms with Crippen LogP contribution in [0.4, 0.5) is 10.1 Å². The van der Waals surface area contributed by atoms with E-state index in [2.05, 4.69) is 4.90 Å². The summed E-state index contributed by atoms with van der Waals surface area (Å²) in [5.74, 6) is -1.87. The van der Waals surface area contributed by atoms with Crippen LogP contribution in [0.15, 0.2) is 23.1 Å². The highest BCUT2D eigenvalue weighted by molar-refractivity contribution is 7.92. The smallest absolute Gasteiger partial charge is 0.238 e. The van der Waals surface area contributed by atoms with Crippen molar-refractivity contribution >= 4 is 21.4 Å². The zero-order valence-corrected chi connectivity index (χ0v) is 12.6. The number of carbonyl (C=O) groups is 1. The summed E-state index contributed by atoms with van der Waals surface area (Å²) < 4.78 is 37.6. The van der Waals surface area contributed by atoms with Crippen molar-refractivity contribution in [2.45, 2.75) is 4.90 Å². The molecule has 116 valence electrons. The highest BCUT2D eigenvalue weighted by atomic mass is 32.2. The summed E-state index contributed by atoms with van der Waals surface area (Å²) in [6.45, 7) is 2.38. The Hall–Kier alpha value is -1.67. The van der Waals surface area contributed by atoms with Gasteiger partial charge in [-0.25, -0.2) is 12.8 Å². The number of nitrogen functional groups attached to an aromatic ring is 1. The lowest BCUT2D eigenvalue weighted by molar-refractivity contribution is -0.129. The molecule has 1 saturated heterocycles. The normalized spacial score (nSPS) is 17.0. The van der Waals surface area contributed by atoms with Gasteiger partial charge in [0.1, 0.15) is 11.6 Å². The van der Waals surface area contributed by atoms with Crippen LogP contribution in [0.2, 0.25) is 0 Å². The van der Waals surface area contributed by atoms with Crippen molar-refractivity contribution < 1.29 is 17.6 Å². The molecule has 0 unspecified atom stereocenters. The van der Waals surface area contributed by atoms with Gasteiger partial charge in [0.2, 0.25) is 5.91 Å². The van der Waals surface area contributed by atoms with E-state index in [9.17, 15) is 17.6 Å². The molecule has 0 aromatic heterocycles. The molecular formula is C13H18FN3O3S. The third-order valence-electron chi connectivity index (χ3n) is 3.48. The summed E-state index contributed by atoms with van der Waals surface area (Å²) in [5, 5.41) is 0. The number of carbonyl (C=O) groups excluding carboxylic acids is 1. The van der Waals surface area contributed by atoms with Crippen molar-refractivity contribution in [3.63, 3.8) is 0 Å². The van der Waals surface area contributed by atoms with Crippen LogP contribution < -0.4 is 5.73 Å². The number of rotatable bonds is 3. The molecule has 21 heavy (non-hydrogen) atoms. The average Bonchev–Trinajstić information content (AvgIpc) is 2.41. The molecular weight excluding hydrogens is 297 g/mol. The molecule has 6 nitrogen and oxygen atoms in total. The molecule has 2 rings (SSSR count). The quantitative estimate of drug-likeness (QED) is 0.791. The van der Waals surface area contributed by atoms with E-state index in [4.69, 9.17) is 5.73 Å². The number of sulfone groups is 1. The number of halogens is 1. The maximum absolute atomic E-state index is 13.2. The second-order valence-corrected chi connectivity index (χ2v) is 7.08. The minimum Gasteiger partial charge on any atom is -0.398 e. The topological polar surface area (TPSA) is 83.7 Å². The molecule has 1 aliphatic heterocycles. The predicted octanol–water partition coefficient (Wildman–Crippen LogP) is -0.0444. The molecule has 1 aliphatic rings. The fourth-order valence-electron chi connectivity index (χ4n) is 2.16. The lowest BCUT2D eigenvalue weighted by Gasteiger charge is -2.32. The molecule has 1 aromatic rings. The van der Waals surface area contributed by atoms with Crippen molar-refractivity contribution in [3.8, 4) is 0 Å². The first-order valence-corrected chi connectivity index (χ1v) is 8.19. The van der Waals surface area contributed by atoms with Gasteiger partial charge in [0, 0.05) is 26.2 Å². The fraction of sp³-hybridized carbons (Fsp3) is 0.462. The van der Waals surface area contributed by atoms with Crippen LogP contribution in [0.1, 0.15) is 0 Å². The molecule has 0 aliphatic carbocycles. The zero-order chi connectivity index (χ0) is 15.6. The van der Waals surface area contributed by atoms with Crippen LogP contribution in [-0.4, -0.2) is 63.1 Å². The van der Waals surface area contributed by atoms with Gasteiger partial charge in [0.15, 0.2) is 9.84 Å². The van der Waals surface area contributed by atoms with E-state index in [0.29, 0.717) is 26.2 Å². The Morgan fingerprint density at radius 3 is 2.52 bits per heavy atom. The summed E-state index contributed by atoms with van der Waals surface area (Å²) in [6.07, 6.45) is 0. The summed E-state index contributed by atoms with van der Waals surface area (Å²) in [4.78, 5) is 15.3. The van der Waals surface area contributed by atoms with Crippen LogP contribution in [0, 0.1) is 5.82 Å². The highest BCUT2D eigenvalue weighted by Gasteiger charge is 2.27. The number of benzene rings is 1. The van der Waals surface area contributed by atoms with Gasteiger partial charge in [-0.1, -0.05) is 0 Å². The van der Waals surface area contributed by atoms with E-state index >= 15 is 0 Å². The monoisotopic (exact) mass is 315 g/mol. The van der Waals surface area contributed by atoms with Crippen LogP contribution in [0.5, 0.6) is 0 Å². The van der Waals surface area contributed by atoms with Gasteiger partial charge in [0.05, 0.1) is 10.6 Å². The Morgan fingerprint density at radius 1 is 1.29 bits per heavy atom. The van der Waals surface area contributed by atoms with Crippen molar-refractivity contribution in [2.75, 3.05) is 44.7 Å². The van der Waals surface area contributed by atoms with E-state index in [0.717, 1.165) is 12.1 Å². The number of amides is 1. The standard InChI is InChI=1S/C13H18FN3O3S/c1-16-4-6-17(7-5-16)13(18)9-21(19,20)12-8-10(14)2-3-11(12)15/h2-3,8H,4-7,9,15H2,1H3. The Kier molecular flexibility index (Phi) is 4.48. The van der Waals surface area contributed by atoms with Crippen LogP contribution in [0.3, 0.4) is 0 Å². The van der Waals surface area contributed by atoms with E-state index < -0.39 is 27.3 Å². The number of anilines is 1. The molecule has 0 radical (unpaired) electrons. The molecule has 0 spiro atoms. The van der Waals surface area contributed by atoms with Crippen molar-refractivity contribution in [3.05, 3.63) is 24.0 Å². The molecule has 1 amide bonds. The number of likely N-dealkylation sites (N-methyl/N-ethyl adjacent to an activating group) is 1. The van der Waals surface area contributed by atoms with Gasteiger partial charge in [-0.3, -0.25) is 4.79 Å². The molecule has 2 N–H and O–H groups in total. The molecule has 1 fully saturated rings. The van der Waals surface area contributed by atoms with Crippen LogP contribution in [-0.2, 0) is 14.6 Å². The van der Waals surface area contributed by atoms with E-state index in [1.807, 2.05) is 7.05 Å². The first-order chi connectivity index (χ1) is 9.79. The number of hydrogen-bond donors (Lipinski definition) is 1. The van der Waals surface area contributed by atoms with E-state index in [1.54, 1.807) is 0 Å². The Bertz CT molecular complexity index is 640. The summed E-state index contributed by atoms with van der Waals surface area (Å²) >= 11 is 0. The molecule has 1 heterocycles. The lowest BCUT2D eigenvalue weighted by Crippen LogP contribution is -2.48. The fourth-order valence-corrected chi connectivity index (χ4v) is 3.55. The third kappa shape index (κ3) is 3.70. The largest absolute Gasteiger partial charge is 0.398 e. The minimum atomic E-state index is -3.95. The lowest BCUT2D eigenvalue weighted by atomic mass is 10.3. The number of piperazine rings is 1. The molecule has 0 bridgehead atoms. The van der Waals surface area contributed by atoms with Crippen LogP contribution in [0.25, 0.3) is 0 Å². The molecule has 0 saturated carbocycles. The number of hydrogen-bond acceptors (Lipinski definition) is 5. The first kappa shape index (κ1) is 15.7. The first-order valence-electron chi connectivity index (χ1n) is 6.54. The van der Waals surface area contributed by atoms with Crippen molar-refractivity contribution in [1.29, 1.82) is 0 Å². The van der Waals surface area contributed by atoms with Crippen LogP contribution >= 0.6 is 0 Å². The SMILES string of the molecule is CN1CCN(C(=O)CS(=O)(=O)c2cc(F)ccc2N)CC1. The van der Waals surface area contributed by atoms with E-state index in [1.165, 1.54) is 11.0 Å². The van der Waals surface area contributed by atoms with Gasteiger partial charge < -0.3 is 15.5 Å². The Morgan fingerprint density at radius 2 is 1.90 bits per heavy atom. The summed E-state index contributed by atoms with van der Waals surface area (Å²) in [5.41, 5.74) is 5.52. The average molecular weight is 315 g/mol. The number of nitrogens with two attached hydrogens (primary N) is 1. The maximum atomic E-state index is 13.2. The third-order valence-corrected chi connectivity index (χ3v) is 5.13. The van der Waals surface area contributed by atoms with Crippen molar-refractivity contribution in [2.24, 2.45) is 0 Å². The molecule has 8 heteroatoms.